The van der Waals surface area contributed by atoms with Gasteiger partial charge in [0.25, 0.3) is 0 Å². The minimum Gasteiger partial charge on any atom is -0.506 e. The summed E-state index contributed by atoms with van der Waals surface area (Å²) in [5.41, 5.74) is 0.839. The first-order valence-electron chi connectivity index (χ1n) is 7.78. The lowest BCUT2D eigenvalue weighted by Gasteiger charge is -2.16. The third-order valence-corrected chi connectivity index (χ3v) is 4.64. The van der Waals surface area contributed by atoms with E-state index in [4.69, 9.17) is 14.9 Å². The van der Waals surface area contributed by atoms with Gasteiger partial charge in [-0.25, -0.2) is 9.36 Å². The Morgan fingerprint density at radius 2 is 2.00 bits per heavy atom. The number of nitrogens with one attached hydrogen (secondary N) is 1. The number of carboxylic acid groups (broad SMARTS) is 2. The van der Waals surface area contributed by atoms with Gasteiger partial charge in [0, 0.05) is 36.0 Å². The summed E-state index contributed by atoms with van der Waals surface area (Å²) < 4.78 is 15.3. The fraction of sp³-hybridized carbons (Fsp3) is 0.400. The molecular formula is C15H19N2O9P. The zero-order valence-corrected chi connectivity index (χ0v) is 15.1. The van der Waals surface area contributed by atoms with Crippen molar-refractivity contribution in [2.75, 3.05) is 0 Å². The van der Waals surface area contributed by atoms with Crippen LogP contribution < -0.4 is 5.32 Å². The Kier molecular flexibility index (Phi) is 6.22. The van der Waals surface area contributed by atoms with E-state index in [0.717, 1.165) is 0 Å². The predicted octanol–water partition coefficient (Wildman–Crippen LogP) is 0.628. The summed E-state index contributed by atoms with van der Waals surface area (Å²) >= 11 is 0. The van der Waals surface area contributed by atoms with Crippen LogP contribution in [0.2, 0.25) is 0 Å². The molecule has 1 aliphatic carbocycles. The van der Waals surface area contributed by atoms with Crippen molar-refractivity contribution >= 4 is 19.8 Å². The van der Waals surface area contributed by atoms with Crippen molar-refractivity contribution in [1.29, 1.82) is 0 Å². The first-order chi connectivity index (χ1) is 12.5. The van der Waals surface area contributed by atoms with Crippen LogP contribution in [0.25, 0.3) is 0 Å². The number of rotatable bonds is 8. The molecule has 1 aromatic heterocycles. The van der Waals surface area contributed by atoms with Gasteiger partial charge >= 0.3 is 19.8 Å². The molecule has 0 bridgehead atoms. The highest BCUT2D eigenvalue weighted by molar-refractivity contribution is 7.46. The average Bonchev–Trinajstić information content (AvgIpc) is 2.99. The van der Waals surface area contributed by atoms with Crippen molar-refractivity contribution in [3.05, 3.63) is 34.3 Å². The standard InChI is InChI=1S/C15H19N2O9P/c1-7-13(18)11(9(4-16-7)6-26-27(23,24)25)5-17-12-3-8(14(19)20)2-10(12)15(21)22/h4,8,17-18H,2-3,5-6H2,1H3,(H,19,20)(H,21,22)(H2,23,24,25)/t8-/m0/s1. The van der Waals surface area contributed by atoms with Crippen LogP contribution >= 0.6 is 7.82 Å². The SMILES string of the molecule is Cc1ncc(COP(=O)(O)O)c(CNC2=C(C(=O)O)C[C@H](C(=O)O)C2)c1O. The third kappa shape index (κ3) is 5.27. The van der Waals surface area contributed by atoms with Crippen LogP contribution in [0, 0.1) is 12.8 Å². The van der Waals surface area contributed by atoms with E-state index in [1.54, 1.807) is 0 Å². The Morgan fingerprint density at radius 1 is 1.33 bits per heavy atom. The van der Waals surface area contributed by atoms with E-state index in [2.05, 4.69) is 14.8 Å². The highest BCUT2D eigenvalue weighted by Gasteiger charge is 2.33. The lowest BCUT2D eigenvalue weighted by atomic mass is 10.1. The Hall–Kier alpha value is -2.46. The first kappa shape index (κ1) is 20.8. The van der Waals surface area contributed by atoms with Crippen LogP contribution in [-0.2, 0) is 31.8 Å². The molecule has 0 fully saturated rings. The molecule has 0 aromatic carbocycles. The topological polar surface area (TPSA) is 187 Å². The molecule has 12 heteroatoms. The Labute approximate surface area is 153 Å². The maximum Gasteiger partial charge on any atom is 0.469 e. The first-order valence-corrected chi connectivity index (χ1v) is 9.31. The third-order valence-electron chi connectivity index (χ3n) is 4.17. The second kappa shape index (κ2) is 8.05. The van der Waals surface area contributed by atoms with Crippen LogP contribution in [0.5, 0.6) is 5.75 Å². The number of phosphoric ester groups is 1. The molecule has 0 radical (unpaired) electrons. The largest absolute Gasteiger partial charge is 0.506 e. The number of phosphoric acid groups is 1. The summed E-state index contributed by atoms with van der Waals surface area (Å²) in [5.74, 6) is -3.44. The normalized spacial score (nSPS) is 17.2. The fourth-order valence-electron chi connectivity index (χ4n) is 2.74. The van der Waals surface area contributed by atoms with Gasteiger partial charge in [0.15, 0.2) is 0 Å². The Balaban J connectivity index is 2.24. The number of nitrogens with zero attached hydrogens (tertiary/aromatic N) is 1. The summed E-state index contributed by atoms with van der Waals surface area (Å²) in [5, 5.41) is 31.4. The van der Waals surface area contributed by atoms with Gasteiger partial charge in [0.1, 0.15) is 5.75 Å². The van der Waals surface area contributed by atoms with E-state index in [1.165, 1.54) is 13.1 Å². The maximum absolute atomic E-state index is 11.3. The molecule has 11 nitrogen and oxygen atoms in total. The van der Waals surface area contributed by atoms with Crippen LogP contribution in [0.1, 0.15) is 29.7 Å². The maximum atomic E-state index is 11.3. The molecule has 27 heavy (non-hydrogen) atoms. The quantitative estimate of drug-likeness (QED) is 0.335. The lowest BCUT2D eigenvalue weighted by molar-refractivity contribution is -0.141. The minimum atomic E-state index is -4.74. The second-order valence-corrected chi connectivity index (χ2v) is 7.26. The zero-order chi connectivity index (χ0) is 20.4. The molecule has 1 atom stereocenters. The van der Waals surface area contributed by atoms with E-state index in [9.17, 15) is 24.4 Å². The van der Waals surface area contributed by atoms with Crippen molar-refractivity contribution in [1.82, 2.24) is 10.3 Å². The molecule has 0 unspecified atom stereocenters. The summed E-state index contributed by atoms with van der Waals surface area (Å²) in [6.07, 6.45) is 1.15. The van der Waals surface area contributed by atoms with E-state index >= 15 is 0 Å². The molecule has 1 heterocycles. The summed E-state index contributed by atoms with van der Waals surface area (Å²) in [6.45, 7) is 0.892. The lowest BCUT2D eigenvalue weighted by Crippen LogP contribution is -2.18. The minimum absolute atomic E-state index is 0.00386. The molecule has 0 amide bonds. The Morgan fingerprint density at radius 3 is 2.56 bits per heavy atom. The number of aliphatic carboxylic acids is 2. The van der Waals surface area contributed by atoms with Gasteiger partial charge in [-0.05, 0) is 13.3 Å². The highest BCUT2D eigenvalue weighted by atomic mass is 31.2. The molecule has 1 aromatic rings. The van der Waals surface area contributed by atoms with Crippen molar-refractivity contribution in [3.8, 4) is 5.75 Å². The molecular weight excluding hydrogens is 383 g/mol. The van der Waals surface area contributed by atoms with Gasteiger partial charge in [0.05, 0.1) is 23.8 Å². The van der Waals surface area contributed by atoms with Gasteiger partial charge in [-0.1, -0.05) is 0 Å². The molecule has 0 saturated carbocycles. The number of pyridine rings is 1. The molecule has 0 aliphatic heterocycles. The van der Waals surface area contributed by atoms with Crippen LogP contribution in [0.4, 0.5) is 0 Å². The monoisotopic (exact) mass is 402 g/mol. The molecule has 0 saturated heterocycles. The molecule has 148 valence electrons. The number of hydrogen-bond donors (Lipinski definition) is 6. The van der Waals surface area contributed by atoms with Gasteiger partial charge in [-0.3, -0.25) is 14.3 Å². The molecule has 2 rings (SSSR count). The van der Waals surface area contributed by atoms with Crippen LogP contribution in [0.15, 0.2) is 17.5 Å². The van der Waals surface area contributed by atoms with Crippen molar-refractivity contribution < 1.29 is 43.8 Å². The van der Waals surface area contributed by atoms with Gasteiger partial charge in [-0.15, -0.1) is 0 Å². The van der Waals surface area contributed by atoms with Gasteiger partial charge in [-0.2, -0.15) is 0 Å². The molecule has 1 aliphatic rings. The number of allylic oxidation sites excluding steroid dienone is 1. The van der Waals surface area contributed by atoms with E-state index in [-0.39, 0.29) is 53.2 Å². The zero-order valence-electron chi connectivity index (χ0n) is 14.2. The predicted molar refractivity (Wildman–Crippen MR) is 89.3 cm³/mol. The van der Waals surface area contributed by atoms with E-state index < -0.39 is 32.3 Å². The molecule has 0 spiro atoms. The van der Waals surface area contributed by atoms with Crippen LogP contribution in [0.3, 0.4) is 0 Å². The fourth-order valence-corrected chi connectivity index (χ4v) is 3.04. The number of aryl methyl sites for hydroxylation is 1. The summed E-state index contributed by atoms with van der Waals surface area (Å²) in [4.78, 5) is 44.0. The average molecular weight is 402 g/mol. The van der Waals surface area contributed by atoms with Crippen molar-refractivity contribution in [2.45, 2.75) is 32.9 Å². The summed E-state index contributed by atoms with van der Waals surface area (Å²) in [6, 6.07) is 0. The second-order valence-electron chi connectivity index (χ2n) is 6.02. The van der Waals surface area contributed by atoms with E-state index in [0.29, 0.717) is 0 Å². The molecule has 6 N–H and O–H groups in total. The number of carboxylic acids is 2. The summed E-state index contributed by atoms with van der Waals surface area (Å²) in [7, 11) is -4.74. The van der Waals surface area contributed by atoms with Gasteiger partial charge < -0.3 is 30.4 Å². The van der Waals surface area contributed by atoms with Crippen molar-refractivity contribution in [2.24, 2.45) is 5.92 Å². The smallest absolute Gasteiger partial charge is 0.469 e. The highest BCUT2D eigenvalue weighted by Crippen LogP contribution is 2.38. The van der Waals surface area contributed by atoms with E-state index in [1.807, 2.05) is 0 Å². The number of aromatic hydroxyl groups is 1. The number of aromatic nitrogens is 1. The van der Waals surface area contributed by atoms with Crippen molar-refractivity contribution in [3.63, 3.8) is 0 Å². The number of hydrogen-bond acceptors (Lipinski definition) is 7. The van der Waals surface area contributed by atoms with Gasteiger partial charge in [0.2, 0.25) is 0 Å². The van der Waals surface area contributed by atoms with Crippen LogP contribution in [-0.4, -0.2) is 42.0 Å². The Bertz CT molecular complexity index is 846. The number of carbonyl (C=O) groups is 2.